The van der Waals surface area contributed by atoms with Gasteiger partial charge in [0.1, 0.15) is 11.6 Å². The van der Waals surface area contributed by atoms with Crippen LogP contribution in [0.1, 0.15) is 18.1 Å². The van der Waals surface area contributed by atoms with E-state index in [0.717, 1.165) is 16.8 Å². The highest BCUT2D eigenvalue weighted by Gasteiger charge is 2.15. The van der Waals surface area contributed by atoms with Crippen LogP contribution in [-0.2, 0) is 4.79 Å². The first-order valence-corrected chi connectivity index (χ1v) is 6.76. The highest BCUT2D eigenvalue weighted by atomic mass is 19.1. The number of hydrogen-bond acceptors (Lipinski definition) is 2. The second-order valence-electron chi connectivity index (χ2n) is 5.02. The molecule has 0 aliphatic heterocycles. The molecular weight excluding hydrogens is 269 g/mol. The maximum Gasteiger partial charge on any atom is 0.265 e. The van der Waals surface area contributed by atoms with Crippen molar-refractivity contribution >= 4 is 11.6 Å². The lowest BCUT2D eigenvalue weighted by atomic mass is 10.1. The third-order valence-electron chi connectivity index (χ3n) is 3.15. The maximum absolute atomic E-state index is 12.8. The smallest absolute Gasteiger partial charge is 0.265 e. The van der Waals surface area contributed by atoms with Gasteiger partial charge in [-0.05, 0) is 62.2 Å². The van der Waals surface area contributed by atoms with Crippen LogP contribution in [0.4, 0.5) is 10.1 Å². The number of benzene rings is 2. The van der Waals surface area contributed by atoms with E-state index in [1.807, 2.05) is 32.0 Å². The number of anilines is 1. The van der Waals surface area contributed by atoms with Crippen molar-refractivity contribution in [1.82, 2.24) is 0 Å². The van der Waals surface area contributed by atoms with E-state index in [4.69, 9.17) is 4.74 Å². The number of rotatable bonds is 4. The zero-order valence-corrected chi connectivity index (χ0v) is 12.3. The van der Waals surface area contributed by atoms with Crippen molar-refractivity contribution in [3.8, 4) is 5.75 Å². The average molecular weight is 287 g/mol. The SMILES string of the molecule is Cc1ccc(C)c(NC(=O)C(C)Oc2ccc(F)cc2)c1. The number of halogens is 1. The largest absolute Gasteiger partial charge is 0.481 e. The van der Waals surface area contributed by atoms with E-state index in [1.165, 1.54) is 24.3 Å². The molecule has 2 aromatic carbocycles. The van der Waals surface area contributed by atoms with Gasteiger partial charge in [0.2, 0.25) is 0 Å². The highest BCUT2D eigenvalue weighted by Crippen LogP contribution is 2.18. The lowest BCUT2D eigenvalue weighted by Gasteiger charge is -2.16. The van der Waals surface area contributed by atoms with E-state index >= 15 is 0 Å². The van der Waals surface area contributed by atoms with E-state index in [-0.39, 0.29) is 11.7 Å². The molecule has 0 fully saturated rings. The minimum Gasteiger partial charge on any atom is -0.481 e. The summed E-state index contributed by atoms with van der Waals surface area (Å²) in [6, 6.07) is 11.4. The molecular formula is C17H18FNO2. The van der Waals surface area contributed by atoms with Gasteiger partial charge in [-0.25, -0.2) is 4.39 Å². The molecule has 0 heterocycles. The summed E-state index contributed by atoms with van der Waals surface area (Å²) in [4.78, 5) is 12.1. The Labute approximate surface area is 123 Å². The van der Waals surface area contributed by atoms with Crippen molar-refractivity contribution in [1.29, 1.82) is 0 Å². The van der Waals surface area contributed by atoms with Crippen LogP contribution in [0.25, 0.3) is 0 Å². The van der Waals surface area contributed by atoms with Crippen molar-refractivity contribution < 1.29 is 13.9 Å². The average Bonchev–Trinajstić information content (AvgIpc) is 2.45. The highest BCUT2D eigenvalue weighted by molar-refractivity contribution is 5.94. The zero-order chi connectivity index (χ0) is 15.4. The number of amides is 1. The fraction of sp³-hybridized carbons (Fsp3) is 0.235. The Balaban J connectivity index is 2.02. The summed E-state index contributed by atoms with van der Waals surface area (Å²) in [6.07, 6.45) is -0.671. The second-order valence-corrected chi connectivity index (χ2v) is 5.02. The van der Waals surface area contributed by atoms with Crippen LogP contribution in [-0.4, -0.2) is 12.0 Å². The van der Waals surface area contributed by atoms with E-state index in [9.17, 15) is 9.18 Å². The van der Waals surface area contributed by atoms with Gasteiger partial charge < -0.3 is 10.1 Å². The first-order valence-electron chi connectivity index (χ1n) is 6.76. The molecule has 1 atom stereocenters. The summed E-state index contributed by atoms with van der Waals surface area (Å²) in [7, 11) is 0. The zero-order valence-electron chi connectivity index (χ0n) is 12.3. The summed E-state index contributed by atoms with van der Waals surface area (Å²) in [5.41, 5.74) is 2.83. The fourth-order valence-corrected chi connectivity index (χ4v) is 1.88. The number of hydrogen-bond donors (Lipinski definition) is 1. The first-order chi connectivity index (χ1) is 9.95. The summed E-state index contributed by atoms with van der Waals surface area (Å²) < 4.78 is 18.3. The number of nitrogens with one attached hydrogen (secondary N) is 1. The summed E-state index contributed by atoms with van der Waals surface area (Å²) in [5, 5.41) is 2.84. The van der Waals surface area contributed by atoms with Crippen LogP contribution in [0, 0.1) is 19.7 Å². The number of aryl methyl sites for hydroxylation is 2. The quantitative estimate of drug-likeness (QED) is 0.927. The van der Waals surface area contributed by atoms with Crippen LogP contribution in [0.2, 0.25) is 0 Å². The summed E-state index contributed by atoms with van der Waals surface area (Å²) in [5.74, 6) is -0.122. The predicted molar refractivity (Wildman–Crippen MR) is 81.0 cm³/mol. The molecule has 1 unspecified atom stereocenters. The second kappa shape index (κ2) is 6.39. The molecule has 21 heavy (non-hydrogen) atoms. The molecule has 110 valence electrons. The standard InChI is InChI=1S/C17H18FNO2/c1-11-4-5-12(2)16(10-11)19-17(20)13(3)21-15-8-6-14(18)7-9-15/h4-10,13H,1-3H3,(H,19,20). The Morgan fingerprint density at radius 1 is 1.14 bits per heavy atom. The lowest BCUT2D eigenvalue weighted by molar-refractivity contribution is -0.122. The van der Waals surface area contributed by atoms with Crippen LogP contribution >= 0.6 is 0 Å². The van der Waals surface area contributed by atoms with Crippen molar-refractivity contribution in [3.63, 3.8) is 0 Å². The molecule has 2 aromatic rings. The number of carbonyl (C=O) groups excluding carboxylic acids is 1. The van der Waals surface area contributed by atoms with Gasteiger partial charge in [0, 0.05) is 5.69 Å². The fourth-order valence-electron chi connectivity index (χ4n) is 1.88. The maximum atomic E-state index is 12.8. The van der Waals surface area contributed by atoms with Crippen molar-refractivity contribution in [2.75, 3.05) is 5.32 Å². The van der Waals surface area contributed by atoms with E-state index in [2.05, 4.69) is 5.32 Å². The monoisotopic (exact) mass is 287 g/mol. The normalized spacial score (nSPS) is 11.8. The first kappa shape index (κ1) is 15.0. The van der Waals surface area contributed by atoms with Gasteiger partial charge in [0.15, 0.2) is 6.10 Å². The molecule has 1 amide bonds. The molecule has 0 radical (unpaired) electrons. The molecule has 1 N–H and O–H groups in total. The van der Waals surface area contributed by atoms with Gasteiger partial charge in [-0.1, -0.05) is 12.1 Å². The third-order valence-corrected chi connectivity index (χ3v) is 3.15. The lowest BCUT2D eigenvalue weighted by Crippen LogP contribution is -2.30. The molecule has 0 aliphatic rings. The Hall–Kier alpha value is -2.36. The predicted octanol–water partition coefficient (Wildman–Crippen LogP) is 3.85. The van der Waals surface area contributed by atoms with Crippen molar-refractivity contribution in [2.45, 2.75) is 26.9 Å². The topological polar surface area (TPSA) is 38.3 Å². The minimum absolute atomic E-state index is 0.243. The Morgan fingerprint density at radius 3 is 2.48 bits per heavy atom. The van der Waals surface area contributed by atoms with E-state index in [0.29, 0.717) is 5.75 Å². The van der Waals surface area contributed by atoms with Crippen LogP contribution in [0.5, 0.6) is 5.75 Å². The van der Waals surface area contributed by atoms with E-state index < -0.39 is 6.10 Å². The van der Waals surface area contributed by atoms with Crippen LogP contribution < -0.4 is 10.1 Å². The van der Waals surface area contributed by atoms with Gasteiger partial charge in [-0.15, -0.1) is 0 Å². The van der Waals surface area contributed by atoms with Crippen LogP contribution in [0.15, 0.2) is 42.5 Å². The van der Waals surface area contributed by atoms with Crippen molar-refractivity contribution in [3.05, 3.63) is 59.4 Å². The Bertz CT molecular complexity index is 638. The summed E-state index contributed by atoms with van der Waals surface area (Å²) in [6.45, 7) is 5.55. The van der Waals surface area contributed by atoms with Gasteiger partial charge in [-0.2, -0.15) is 0 Å². The molecule has 3 nitrogen and oxygen atoms in total. The van der Waals surface area contributed by atoms with Crippen LogP contribution in [0.3, 0.4) is 0 Å². The Morgan fingerprint density at radius 2 is 1.81 bits per heavy atom. The molecule has 0 bridgehead atoms. The van der Waals surface area contributed by atoms with Crippen molar-refractivity contribution in [2.24, 2.45) is 0 Å². The Kier molecular flexibility index (Phi) is 4.58. The van der Waals surface area contributed by atoms with E-state index in [1.54, 1.807) is 6.92 Å². The van der Waals surface area contributed by atoms with Gasteiger partial charge in [-0.3, -0.25) is 4.79 Å². The van der Waals surface area contributed by atoms with Gasteiger partial charge >= 0.3 is 0 Å². The molecule has 0 aromatic heterocycles. The van der Waals surface area contributed by atoms with Gasteiger partial charge in [0.05, 0.1) is 0 Å². The summed E-state index contributed by atoms with van der Waals surface area (Å²) >= 11 is 0. The molecule has 0 aliphatic carbocycles. The third kappa shape index (κ3) is 4.05. The van der Waals surface area contributed by atoms with Gasteiger partial charge in [0.25, 0.3) is 5.91 Å². The minimum atomic E-state index is -0.671. The molecule has 0 spiro atoms. The number of ether oxygens (including phenoxy) is 1. The molecule has 4 heteroatoms. The molecule has 2 rings (SSSR count). The number of carbonyl (C=O) groups is 1. The molecule has 0 saturated carbocycles. The molecule has 0 saturated heterocycles.